The van der Waals surface area contributed by atoms with Crippen LogP contribution in [0.2, 0.25) is 0 Å². The van der Waals surface area contributed by atoms with Gasteiger partial charge in [-0.25, -0.2) is 9.37 Å². The number of halogens is 1. The molecule has 0 N–H and O–H groups in total. The molecule has 0 saturated carbocycles. The van der Waals surface area contributed by atoms with Crippen LogP contribution in [0.15, 0.2) is 36.7 Å². The van der Waals surface area contributed by atoms with E-state index in [0.717, 1.165) is 50.2 Å². The van der Waals surface area contributed by atoms with Crippen molar-refractivity contribution in [3.05, 3.63) is 53.9 Å². The second kappa shape index (κ2) is 7.60. The molecule has 1 aliphatic rings. The molecule has 0 unspecified atom stereocenters. The molecule has 1 fully saturated rings. The van der Waals surface area contributed by atoms with Gasteiger partial charge in [0.05, 0.1) is 6.04 Å². The number of benzene rings is 1. The molecule has 0 spiro atoms. The summed E-state index contributed by atoms with van der Waals surface area (Å²) in [4.78, 5) is 18.9. The monoisotopic (exact) mass is 329 g/mol. The lowest BCUT2D eigenvalue weighted by Gasteiger charge is -2.36. The van der Waals surface area contributed by atoms with Crippen LogP contribution in [0.5, 0.6) is 0 Å². The van der Waals surface area contributed by atoms with Crippen molar-refractivity contribution in [3.8, 4) is 0 Å². The van der Waals surface area contributed by atoms with E-state index in [4.69, 9.17) is 0 Å². The quantitative estimate of drug-likeness (QED) is 0.835. The van der Waals surface area contributed by atoms with Crippen molar-refractivity contribution >= 4 is 5.91 Å². The first kappa shape index (κ1) is 16.7. The minimum Gasteiger partial charge on any atom is -0.336 e. The minimum atomic E-state index is -0.233. The maximum absolute atomic E-state index is 13.2. The Balaban J connectivity index is 1.61. The van der Waals surface area contributed by atoms with Crippen LogP contribution in [-0.4, -0.2) is 26.9 Å². The van der Waals surface area contributed by atoms with E-state index in [2.05, 4.69) is 9.55 Å². The van der Waals surface area contributed by atoms with Gasteiger partial charge in [0.15, 0.2) is 0 Å². The summed E-state index contributed by atoms with van der Waals surface area (Å²) >= 11 is 0. The van der Waals surface area contributed by atoms with Crippen molar-refractivity contribution in [2.45, 2.75) is 51.6 Å². The van der Waals surface area contributed by atoms with E-state index < -0.39 is 0 Å². The molecular formula is C19H24FN3O. The number of imidazole rings is 1. The molecule has 0 bridgehead atoms. The summed E-state index contributed by atoms with van der Waals surface area (Å²) < 4.78 is 15.2. The van der Waals surface area contributed by atoms with Crippen molar-refractivity contribution < 1.29 is 9.18 Å². The van der Waals surface area contributed by atoms with Crippen LogP contribution in [0, 0.1) is 12.7 Å². The van der Waals surface area contributed by atoms with Crippen LogP contribution in [0.1, 0.15) is 49.5 Å². The molecule has 2 aromatic rings. The van der Waals surface area contributed by atoms with E-state index in [-0.39, 0.29) is 17.8 Å². The number of hydrogen-bond donors (Lipinski definition) is 0. The van der Waals surface area contributed by atoms with E-state index in [1.54, 1.807) is 18.3 Å². The highest BCUT2D eigenvalue weighted by atomic mass is 19.1. The third kappa shape index (κ3) is 3.83. The first-order valence-corrected chi connectivity index (χ1v) is 8.68. The van der Waals surface area contributed by atoms with E-state index in [1.807, 2.05) is 18.0 Å². The zero-order valence-corrected chi connectivity index (χ0v) is 14.1. The highest BCUT2D eigenvalue weighted by molar-refractivity contribution is 5.76. The molecule has 2 heterocycles. The SMILES string of the molecule is Cc1nccn1CCCC(=O)N1CCCC[C@H]1c1ccc(F)cc1. The summed E-state index contributed by atoms with van der Waals surface area (Å²) in [6.07, 6.45) is 8.19. The molecule has 1 atom stereocenters. The molecule has 128 valence electrons. The Morgan fingerprint density at radius 1 is 1.29 bits per heavy atom. The van der Waals surface area contributed by atoms with Crippen molar-refractivity contribution in [3.63, 3.8) is 0 Å². The number of piperidine rings is 1. The van der Waals surface area contributed by atoms with Gasteiger partial charge in [-0.05, 0) is 50.3 Å². The van der Waals surface area contributed by atoms with Gasteiger partial charge >= 0.3 is 0 Å². The Labute approximate surface area is 142 Å². The van der Waals surface area contributed by atoms with E-state index >= 15 is 0 Å². The van der Waals surface area contributed by atoms with Crippen molar-refractivity contribution in [1.29, 1.82) is 0 Å². The van der Waals surface area contributed by atoms with Crippen molar-refractivity contribution in [1.82, 2.24) is 14.5 Å². The van der Waals surface area contributed by atoms with Gasteiger partial charge < -0.3 is 9.47 Å². The third-order valence-electron chi connectivity index (χ3n) is 4.79. The number of nitrogens with zero attached hydrogens (tertiary/aromatic N) is 3. The number of amides is 1. The topological polar surface area (TPSA) is 38.1 Å². The Kier molecular flexibility index (Phi) is 5.28. The van der Waals surface area contributed by atoms with Crippen molar-refractivity contribution in [2.75, 3.05) is 6.54 Å². The second-order valence-corrected chi connectivity index (χ2v) is 6.42. The predicted molar refractivity (Wildman–Crippen MR) is 90.9 cm³/mol. The van der Waals surface area contributed by atoms with Gasteiger partial charge in [-0.1, -0.05) is 12.1 Å². The maximum Gasteiger partial charge on any atom is 0.223 e. The van der Waals surface area contributed by atoms with Gasteiger partial charge in [-0.3, -0.25) is 4.79 Å². The number of carbonyl (C=O) groups excluding carboxylic acids is 1. The Morgan fingerprint density at radius 2 is 2.08 bits per heavy atom. The Bertz CT molecular complexity index is 680. The molecule has 1 aromatic heterocycles. The van der Waals surface area contributed by atoms with Crippen LogP contribution in [-0.2, 0) is 11.3 Å². The lowest BCUT2D eigenvalue weighted by atomic mass is 9.94. The van der Waals surface area contributed by atoms with E-state index in [9.17, 15) is 9.18 Å². The summed E-state index contributed by atoms with van der Waals surface area (Å²) in [5, 5.41) is 0. The molecule has 24 heavy (non-hydrogen) atoms. The molecule has 1 aromatic carbocycles. The standard InChI is InChI=1S/C19H24FN3O/c1-15-21-11-14-22(15)12-4-6-19(24)23-13-3-2-5-18(23)16-7-9-17(20)10-8-16/h7-11,14,18H,2-6,12-13H2,1H3/t18-/m0/s1. The number of likely N-dealkylation sites (tertiary alicyclic amines) is 1. The molecule has 0 aliphatic carbocycles. The first-order valence-electron chi connectivity index (χ1n) is 8.68. The third-order valence-corrected chi connectivity index (χ3v) is 4.79. The average Bonchev–Trinajstić information content (AvgIpc) is 3.01. The van der Waals surface area contributed by atoms with Gasteiger partial charge in [0.2, 0.25) is 5.91 Å². The summed E-state index contributed by atoms with van der Waals surface area (Å²) in [5.41, 5.74) is 1.04. The smallest absolute Gasteiger partial charge is 0.223 e. The van der Waals surface area contributed by atoms with Crippen LogP contribution < -0.4 is 0 Å². The van der Waals surface area contributed by atoms with Gasteiger partial charge in [0, 0.05) is 31.9 Å². The zero-order chi connectivity index (χ0) is 16.9. The summed E-state index contributed by atoms with van der Waals surface area (Å²) in [6.45, 7) is 3.58. The second-order valence-electron chi connectivity index (χ2n) is 6.42. The summed E-state index contributed by atoms with van der Waals surface area (Å²) in [5.74, 6) is 0.939. The van der Waals surface area contributed by atoms with E-state index in [1.165, 1.54) is 12.1 Å². The number of aryl methyl sites for hydroxylation is 2. The predicted octanol–water partition coefficient (Wildman–Crippen LogP) is 3.86. The number of hydrogen-bond acceptors (Lipinski definition) is 2. The zero-order valence-electron chi connectivity index (χ0n) is 14.1. The molecule has 5 heteroatoms. The van der Waals surface area contributed by atoms with Gasteiger partial charge in [0.25, 0.3) is 0 Å². The number of carbonyl (C=O) groups is 1. The number of aromatic nitrogens is 2. The van der Waals surface area contributed by atoms with Crippen molar-refractivity contribution in [2.24, 2.45) is 0 Å². The Hall–Kier alpha value is -2.17. The fourth-order valence-electron chi connectivity index (χ4n) is 3.45. The molecule has 1 aliphatic heterocycles. The fourth-order valence-corrected chi connectivity index (χ4v) is 3.45. The fraction of sp³-hybridized carbons (Fsp3) is 0.474. The molecule has 3 rings (SSSR count). The largest absolute Gasteiger partial charge is 0.336 e. The van der Waals surface area contributed by atoms with Crippen LogP contribution >= 0.6 is 0 Å². The van der Waals surface area contributed by atoms with Crippen LogP contribution in [0.3, 0.4) is 0 Å². The molecule has 1 amide bonds. The molecule has 1 saturated heterocycles. The summed E-state index contributed by atoms with van der Waals surface area (Å²) in [7, 11) is 0. The van der Waals surface area contributed by atoms with E-state index in [0.29, 0.717) is 6.42 Å². The normalized spacial score (nSPS) is 17.9. The lowest BCUT2D eigenvalue weighted by molar-refractivity contribution is -0.135. The lowest BCUT2D eigenvalue weighted by Crippen LogP contribution is -2.38. The molecule has 0 radical (unpaired) electrons. The van der Waals surface area contributed by atoms with Gasteiger partial charge in [-0.2, -0.15) is 0 Å². The average molecular weight is 329 g/mol. The van der Waals surface area contributed by atoms with Gasteiger partial charge in [-0.15, -0.1) is 0 Å². The van der Waals surface area contributed by atoms with Crippen LogP contribution in [0.4, 0.5) is 4.39 Å². The van der Waals surface area contributed by atoms with Gasteiger partial charge in [0.1, 0.15) is 11.6 Å². The summed E-state index contributed by atoms with van der Waals surface area (Å²) in [6, 6.07) is 6.66. The number of rotatable bonds is 5. The molecular weight excluding hydrogens is 305 g/mol. The van der Waals surface area contributed by atoms with Crippen LogP contribution in [0.25, 0.3) is 0 Å². The minimum absolute atomic E-state index is 0.0850. The highest BCUT2D eigenvalue weighted by Gasteiger charge is 2.27. The highest BCUT2D eigenvalue weighted by Crippen LogP contribution is 2.31. The molecule has 4 nitrogen and oxygen atoms in total. The Morgan fingerprint density at radius 3 is 2.79 bits per heavy atom. The first-order chi connectivity index (χ1) is 11.6. The maximum atomic E-state index is 13.2.